The molecule has 1 saturated heterocycles. The number of hydrogen-bond donors (Lipinski definition) is 1. The Morgan fingerprint density at radius 2 is 2.11 bits per heavy atom. The van der Waals surface area contributed by atoms with Gasteiger partial charge in [0.1, 0.15) is 5.82 Å². The topological polar surface area (TPSA) is 33.1 Å². The van der Waals surface area contributed by atoms with Crippen molar-refractivity contribution in [3.05, 3.63) is 18.2 Å². The molecule has 0 bridgehead atoms. The molecule has 102 valence electrons. The predicted molar refractivity (Wildman–Crippen MR) is 74.7 cm³/mol. The van der Waals surface area contributed by atoms with E-state index in [9.17, 15) is 0 Å². The second-order valence-electron chi connectivity index (χ2n) is 5.45. The van der Waals surface area contributed by atoms with Crippen LogP contribution in [0.5, 0.6) is 0 Å². The molecule has 0 spiro atoms. The lowest BCUT2D eigenvalue weighted by Crippen LogP contribution is -2.32. The number of likely N-dealkylation sites (tertiary alicyclic amines) is 1. The van der Waals surface area contributed by atoms with Gasteiger partial charge in [-0.15, -0.1) is 0 Å². The number of piperidine rings is 1. The zero-order chi connectivity index (χ0) is 12.8. The Morgan fingerprint density at radius 3 is 2.78 bits per heavy atom. The van der Waals surface area contributed by atoms with E-state index in [2.05, 4.69) is 33.7 Å². The van der Waals surface area contributed by atoms with Crippen molar-refractivity contribution in [2.24, 2.45) is 5.92 Å². The molecule has 18 heavy (non-hydrogen) atoms. The second-order valence-corrected chi connectivity index (χ2v) is 5.45. The third kappa shape index (κ3) is 4.10. The maximum absolute atomic E-state index is 4.23. The minimum absolute atomic E-state index is 0.934. The van der Waals surface area contributed by atoms with E-state index in [0.29, 0.717) is 0 Å². The summed E-state index contributed by atoms with van der Waals surface area (Å²) < 4.78 is 2.20. The molecule has 1 aromatic rings. The Morgan fingerprint density at radius 1 is 1.33 bits per heavy atom. The predicted octanol–water partition coefficient (Wildman–Crippen LogP) is 1.51. The van der Waals surface area contributed by atoms with Gasteiger partial charge in [-0.25, -0.2) is 4.98 Å². The molecule has 1 fully saturated rings. The van der Waals surface area contributed by atoms with Crippen molar-refractivity contribution in [2.75, 3.05) is 33.2 Å². The van der Waals surface area contributed by atoms with Gasteiger partial charge >= 0.3 is 0 Å². The van der Waals surface area contributed by atoms with E-state index < -0.39 is 0 Å². The number of hydrogen-bond acceptors (Lipinski definition) is 3. The Kier molecular flexibility index (Phi) is 5.20. The van der Waals surface area contributed by atoms with Gasteiger partial charge in [-0.2, -0.15) is 0 Å². The quantitative estimate of drug-likeness (QED) is 0.777. The maximum Gasteiger partial charge on any atom is 0.105 e. The lowest BCUT2D eigenvalue weighted by Gasteiger charge is -2.28. The van der Waals surface area contributed by atoms with Gasteiger partial charge < -0.3 is 14.8 Å². The molecule has 0 radical (unpaired) electrons. The molecule has 0 saturated carbocycles. The lowest BCUT2D eigenvalue weighted by molar-refractivity contribution is 0.211. The molecule has 0 amide bonds. The van der Waals surface area contributed by atoms with E-state index in [1.807, 2.05) is 12.4 Å². The normalized spacial score (nSPS) is 18.3. The van der Waals surface area contributed by atoms with Crippen molar-refractivity contribution in [3.8, 4) is 0 Å². The first-order chi connectivity index (χ1) is 8.75. The molecule has 1 aliphatic heterocycles. The number of nitrogens with one attached hydrogen (secondary N) is 1. The zero-order valence-corrected chi connectivity index (χ0v) is 11.7. The summed E-state index contributed by atoms with van der Waals surface area (Å²) in [6.07, 6.45) is 8.00. The summed E-state index contributed by atoms with van der Waals surface area (Å²) in [4.78, 5) is 6.66. The maximum atomic E-state index is 4.23. The Balaban J connectivity index is 1.53. The van der Waals surface area contributed by atoms with Crippen LogP contribution in [0.2, 0.25) is 0 Å². The fraction of sp³-hybridized carbons (Fsp3) is 0.786. The Hall–Kier alpha value is -0.870. The number of imidazole rings is 1. The van der Waals surface area contributed by atoms with E-state index >= 15 is 0 Å². The number of nitrogens with zero attached hydrogens (tertiary/aromatic N) is 3. The van der Waals surface area contributed by atoms with Crippen LogP contribution >= 0.6 is 0 Å². The fourth-order valence-electron chi connectivity index (χ4n) is 2.62. The number of aromatic nitrogens is 2. The molecule has 0 unspecified atom stereocenters. The number of rotatable bonds is 6. The molecule has 0 aromatic carbocycles. The molecule has 1 N–H and O–H groups in total. The van der Waals surface area contributed by atoms with Crippen molar-refractivity contribution in [2.45, 2.75) is 32.7 Å². The van der Waals surface area contributed by atoms with Crippen LogP contribution in [0.25, 0.3) is 0 Å². The van der Waals surface area contributed by atoms with Gasteiger partial charge in [0, 0.05) is 25.5 Å². The van der Waals surface area contributed by atoms with Crippen molar-refractivity contribution in [1.29, 1.82) is 0 Å². The van der Waals surface area contributed by atoms with Gasteiger partial charge in [0.15, 0.2) is 0 Å². The SMILES string of the molecule is Cc1nccn1CCNCCC1CCN(C)CC1. The molecule has 1 aromatic heterocycles. The van der Waals surface area contributed by atoms with Crippen LogP contribution in [-0.4, -0.2) is 47.7 Å². The van der Waals surface area contributed by atoms with E-state index in [1.54, 1.807) is 0 Å². The third-order valence-corrected chi connectivity index (χ3v) is 4.02. The highest BCUT2D eigenvalue weighted by Gasteiger charge is 2.15. The average molecular weight is 250 g/mol. The smallest absolute Gasteiger partial charge is 0.105 e. The summed E-state index contributed by atoms with van der Waals surface area (Å²) in [5, 5.41) is 3.55. The fourth-order valence-corrected chi connectivity index (χ4v) is 2.62. The van der Waals surface area contributed by atoms with E-state index in [1.165, 1.54) is 32.4 Å². The number of aryl methyl sites for hydroxylation is 1. The van der Waals surface area contributed by atoms with Crippen LogP contribution in [0.4, 0.5) is 0 Å². The van der Waals surface area contributed by atoms with Gasteiger partial charge in [0.05, 0.1) is 0 Å². The van der Waals surface area contributed by atoms with Crippen LogP contribution in [0.3, 0.4) is 0 Å². The van der Waals surface area contributed by atoms with Crippen molar-refractivity contribution >= 4 is 0 Å². The highest BCUT2D eigenvalue weighted by atomic mass is 15.1. The van der Waals surface area contributed by atoms with Crippen LogP contribution in [-0.2, 0) is 6.54 Å². The van der Waals surface area contributed by atoms with Crippen molar-refractivity contribution in [3.63, 3.8) is 0 Å². The van der Waals surface area contributed by atoms with E-state index in [4.69, 9.17) is 0 Å². The molecule has 4 nitrogen and oxygen atoms in total. The second kappa shape index (κ2) is 6.90. The zero-order valence-electron chi connectivity index (χ0n) is 11.7. The summed E-state index contributed by atoms with van der Waals surface area (Å²) in [5.74, 6) is 2.04. The molecule has 0 atom stereocenters. The standard InChI is InChI=1S/C14H26N4/c1-13-16-8-12-18(13)11-7-15-6-3-14-4-9-17(2)10-5-14/h8,12,14-15H,3-7,9-11H2,1-2H3. The summed E-state index contributed by atoms with van der Waals surface area (Å²) in [6, 6.07) is 0. The largest absolute Gasteiger partial charge is 0.334 e. The van der Waals surface area contributed by atoms with Crippen molar-refractivity contribution in [1.82, 2.24) is 19.8 Å². The molecule has 2 rings (SSSR count). The van der Waals surface area contributed by atoms with Crippen LogP contribution in [0.1, 0.15) is 25.1 Å². The van der Waals surface area contributed by atoms with Gasteiger partial charge in [-0.1, -0.05) is 0 Å². The first kappa shape index (κ1) is 13.6. The van der Waals surface area contributed by atoms with Gasteiger partial charge in [-0.05, 0) is 58.8 Å². The first-order valence-electron chi connectivity index (χ1n) is 7.12. The lowest BCUT2D eigenvalue weighted by atomic mass is 9.94. The van der Waals surface area contributed by atoms with Crippen LogP contribution in [0.15, 0.2) is 12.4 Å². The van der Waals surface area contributed by atoms with Crippen LogP contribution < -0.4 is 5.32 Å². The molecule has 1 aliphatic rings. The molecular weight excluding hydrogens is 224 g/mol. The van der Waals surface area contributed by atoms with Crippen LogP contribution in [0, 0.1) is 12.8 Å². The van der Waals surface area contributed by atoms with Gasteiger partial charge in [-0.3, -0.25) is 0 Å². The Labute approximate surface area is 110 Å². The third-order valence-electron chi connectivity index (χ3n) is 4.02. The highest BCUT2D eigenvalue weighted by molar-refractivity contribution is 4.88. The highest BCUT2D eigenvalue weighted by Crippen LogP contribution is 2.18. The van der Waals surface area contributed by atoms with E-state index in [0.717, 1.165) is 31.4 Å². The summed E-state index contributed by atoms with van der Waals surface area (Å²) in [7, 11) is 2.22. The first-order valence-corrected chi connectivity index (χ1v) is 7.12. The Bertz CT molecular complexity index is 339. The minimum Gasteiger partial charge on any atom is -0.334 e. The van der Waals surface area contributed by atoms with Gasteiger partial charge in [0.2, 0.25) is 0 Å². The van der Waals surface area contributed by atoms with Crippen molar-refractivity contribution < 1.29 is 0 Å². The monoisotopic (exact) mass is 250 g/mol. The van der Waals surface area contributed by atoms with E-state index in [-0.39, 0.29) is 0 Å². The average Bonchev–Trinajstić information content (AvgIpc) is 2.77. The summed E-state index contributed by atoms with van der Waals surface area (Å²) in [6.45, 7) is 7.83. The molecule has 4 heteroatoms. The molecular formula is C14H26N4. The summed E-state index contributed by atoms with van der Waals surface area (Å²) in [5.41, 5.74) is 0. The molecule has 2 heterocycles. The van der Waals surface area contributed by atoms with Gasteiger partial charge in [0.25, 0.3) is 0 Å². The molecule has 0 aliphatic carbocycles. The minimum atomic E-state index is 0.934. The summed E-state index contributed by atoms with van der Waals surface area (Å²) >= 11 is 0.